The molecule has 0 aromatic carbocycles. The van der Waals surface area contributed by atoms with Gasteiger partial charge in [-0.1, -0.05) is 11.8 Å². The first-order valence-corrected chi connectivity index (χ1v) is 9.05. The molecule has 2 aromatic heterocycles. The molecule has 1 fully saturated rings. The van der Waals surface area contributed by atoms with Crippen molar-refractivity contribution in [2.24, 2.45) is 0 Å². The third-order valence-corrected chi connectivity index (χ3v) is 4.69. The number of likely N-dealkylation sites (tertiary alicyclic amines) is 1. The molecular weight excluding hydrogens is 342 g/mol. The van der Waals surface area contributed by atoms with E-state index in [4.69, 9.17) is 9.15 Å². The molecule has 7 nitrogen and oxygen atoms in total. The molecule has 1 aliphatic rings. The molecule has 0 N–H and O–H groups in total. The second kappa shape index (κ2) is 8.15. The van der Waals surface area contributed by atoms with Crippen molar-refractivity contribution in [3.8, 4) is 5.75 Å². The highest BCUT2D eigenvalue weighted by Gasteiger charge is 2.24. The number of thioether (sulfide) groups is 1. The second-order valence-corrected chi connectivity index (χ2v) is 6.68. The van der Waals surface area contributed by atoms with Crippen molar-refractivity contribution in [2.45, 2.75) is 31.0 Å². The summed E-state index contributed by atoms with van der Waals surface area (Å²) in [6.45, 7) is 2.99. The molecule has 0 spiro atoms. The number of hydrogen-bond acceptors (Lipinski definition) is 7. The Morgan fingerprint density at radius 2 is 2.04 bits per heavy atom. The Balaban J connectivity index is 1.46. The number of aromatic nitrogens is 2. The summed E-state index contributed by atoms with van der Waals surface area (Å²) in [4.78, 5) is 33.7. The quantitative estimate of drug-likeness (QED) is 0.594. The molecule has 1 amide bonds. The zero-order chi connectivity index (χ0) is 17.6. The predicted octanol–water partition coefficient (Wildman–Crippen LogP) is 1.90. The molecule has 0 bridgehead atoms. The topological polar surface area (TPSA) is 85.5 Å². The van der Waals surface area contributed by atoms with E-state index in [1.165, 1.54) is 17.8 Å². The van der Waals surface area contributed by atoms with Crippen LogP contribution in [0.3, 0.4) is 0 Å². The van der Waals surface area contributed by atoms with E-state index in [0.29, 0.717) is 35.5 Å². The van der Waals surface area contributed by atoms with Crippen LogP contribution in [0.5, 0.6) is 5.75 Å². The van der Waals surface area contributed by atoms with Gasteiger partial charge in [-0.3, -0.25) is 4.79 Å². The number of hydrogen-bond donors (Lipinski definition) is 0. The van der Waals surface area contributed by atoms with Crippen molar-refractivity contribution < 1.29 is 13.9 Å². The number of carbonyl (C=O) groups excluding carboxylic acids is 1. The Bertz CT molecular complexity index is 773. The van der Waals surface area contributed by atoms with E-state index in [1.54, 1.807) is 31.5 Å². The van der Waals surface area contributed by atoms with Crippen LogP contribution >= 0.6 is 11.8 Å². The zero-order valence-corrected chi connectivity index (χ0v) is 14.7. The minimum Gasteiger partial charge on any atom is -0.490 e. The molecule has 1 saturated heterocycles. The molecule has 3 heterocycles. The summed E-state index contributed by atoms with van der Waals surface area (Å²) in [5.41, 5.74) is -0.414. The van der Waals surface area contributed by atoms with Crippen LogP contribution in [0.1, 0.15) is 18.6 Å². The van der Waals surface area contributed by atoms with Gasteiger partial charge in [-0.2, -0.15) is 0 Å². The van der Waals surface area contributed by atoms with Crippen LogP contribution in [0.15, 0.2) is 45.0 Å². The minimum absolute atomic E-state index is 0.00430. The molecule has 2 aromatic rings. The van der Waals surface area contributed by atoms with Crippen LogP contribution < -0.4 is 10.4 Å². The molecule has 25 heavy (non-hydrogen) atoms. The molecule has 132 valence electrons. The average Bonchev–Trinajstić information content (AvgIpc) is 2.60. The molecular formula is C17H19N3O4S. The lowest BCUT2D eigenvalue weighted by molar-refractivity contribution is -0.130. The van der Waals surface area contributed by atoms with Crippen molar-refractivity contribution in [3.05, 3.63) is 46.8 Å². The van der Waals surface area contributed by atoms with Crippen molar-refractivity contribution >= 4 is 17.7 Å². The van der Waals surface area contributed by atoms with Gasteiger partial charge in [-0.15, -0.1) is 0 Å². The average molecular weight is 361 g/mol. The van der Waals surface area contributed by atoms with Gasteiger partial charge in [0.2, 0.25) is 5.91 Å². The highest BCUT2D eigenvalue weighted by atomic mass is 32.2. The van der Waals surface area contributed by atoms with Gasteiger partial charge in [0, 0.05) is 44.4 Å². The van der Waals surface area contributed by atoms with E-state index in [0.717, 1.165) is 12.8 Å². The van der Waals surface area contributed by atoms with E-state index in [1.807, 2.05) is 4.90 Å². The Morgan fingerprint density at radius 3 is 2.72 bits per heavy atom. The maximum atomic E-state index is 12.3. The fourth-order valence-electron chi connectivity index (χ4n) is 2.64. The fourth-order valence-corrected chi connectivity index (χ4v) is 3.34. The van der Waals surface area contributed by atoms with Crippen molar-refractivity contribution in [2.75, 3.05) is 18.8 Å². The smallest absolute Gasteiger partial charge is 0.339 e. The summed E-state index contributed by atoms with van der Waals surface area (Å²) in [5, 5.41) is 0.604. The second-order valence-electron chi connectivity index (χ2n) is 5.74. The Labute approximate surface area is 149 Å². The first kappa shape index (κ1) is 17.5. The van der Waals surface area contributed by atoms with Crippen molar-refractivity contribution in [3.63, 3.8) is 0 Å². The number of rotatable bonds is 5. The fraction of sp³-hybridized carbons (Fsp3) is 0.412. The molecule has 0 atom stereocenters. The molecule has 0 aliphatic carbocycles. The largest absolute Gasteiger partial charge is 0.490 e. The van der Waals surface area contributed by atoms with Gasteiger partial charge in [0.25, 0.3) is 0 Å². The van der Waals surface area contributed by atoms with Gasteiger partial charge >= 0.3 is 5.63 Å². The Hall–Kier alpha value is -2.35. The van der Waals surface area contributed by atoms with Crippen LogP contribution in [0.25, 0.3) is 0 Å². The lowest BCUT2D eigenvalue weighted by Crippen LogP contribution is -2.42. The first-order chi connectivity index (χ1) is 12.1. The van der Waals surface area contributed by atoms with E-state index in [2.05, 4.69) is 9.97 Å². The maximum absolute atomic E-state index is 12.3. The Morgan fingerprint density at radius 1 is 1.32 bits per heavy atom. The number of carbonyl (C=O) groups is 1. The first-order valence-electron chi connectivity index (χ1n) is 8.06. The number of amides is 1. The molecule has 1 aliphatic heterocycles. The van der Waals surface area contributed by atoms with Gasteiger partial charge in [0.1, 0.15) is 17.6 Å². The molecule has 0 saturated carbocycles. The lowest BCUT2D eigenvalue weighted by atomic mass is 10.1. The Kier molecular flexibility index (Phi) is 5.70. The molecule has 0 unspecified atom stereocenters. The summed E-state index contributed by atoms with van der Waals surface area (Å²) in [5.74, 6) is 1.45. The third kappa shape index (κ3) is 5.06. The van der Waals surface area contributed by atoms with Gasteiger partial charge < -0.3 is 14.1 Å². The number of piperidine rings is 1. The summed E-state index contributed by atoms with van der Waals surface area (Å²) in [6.07, 6.45) is 4.79. The van der Waals surface area contributed by atoms with Gasteiger partial charge in [-0.05, 0) is 13.0 Å². The van der Waals surface area contributed by atoms with Crippen molar-refractivity contribution in [1.82, 2.24) is 14.9 Å². The van der Waals surface area contributed by atoms with E-state index < -0.39 is 5.63 Å². The predicted molar refractivity (Wildman–Crippen MR) is 92.7 cm³/mol. The number of ether oxygens (including phenoxy) is 1. The monoisotopic (exact) mass is 361 g/mol. The van der Waals surface area contributed by atoms with Crippen LogP contribution in [-0.2, 0) is 4.79 Å². The van der Waals surface area contributed by atoms with Crippen LogP contribution in [0.4, 0.5) is 0 Å². The SMILES string of the molecule is Cc1cc(OC2CCN(C(=O)CSc3ncccn3)CC2)cc(=O)o1. The lowest BCUT2D eigenvalue weighted by Gasteiger charge is -2.32. The molecule has 8 heteroatoms. The molecule has 3 rings (SSSR count). The number of aryl methyl sites for hydroxylation is 1. The minimum atomic E-state index is -0.414. The third-order valence-electron chi connectivity index (χ3n) is 3.83. The summed E-state index contributed by atoms with van der Waals surface area (Å²) in [6, 6.07) is 4.80. The van der Waals surface area contributed by atoms with E-state index in [-0.39, 0.29) is 12.0 Å². The van der Waals surface area contributed by atoms with Crippen LogP contribution in [-0.4, -0.2) is 45.7 Å². The highest BCUT2D eigenvalue weighted by molar-refractivity contribution is 7.99. The molecule has 0 radical (unpaired) electrons. The summed E-state index contributed by atoms with van der Waals surface area (Å²) in [7, 11) is 0. The van der Waals surface area contributed by atoms with Crippen LogP contribution in [0, 0.1) is 6.92 Å². The van der Waals surface area contributed by atoms with E-state index in [9.17, 15) is 9.59 Å². The van der Waals surface area contributed by atoms with Gasteiger partial charge in [0.05, 0.1) is 11.8 Å². The van der Waals surface area contributed by atoms with Gasteiger partial charge in [0.15, 0.2) is 5.16 Å². The summed E-state index contributed by atoms with van der Waals surface area (Å²) >= 11 is 1.34. The summed E-state index contributed by atoms with van der Waals surface area (Å²) < 4.78 is 10.8. The normalized spacial score (nSPS) is 15.2. The van der Waals surface area contributed by atoms with Crippen molar-refractivity contribution in [1.29, 1.82) is 0 Å². The number of nitrogens with zero attached hydrogens (tertiary/aromatic N) is 3. The zero-order valence-electron chi connectivity index (χ0n) is 13.9. The highest BCUT2D eigenvalue weighted by Crippen LogP contribution is 2.20. The van der Waals surface area contributed by atoms with E-state index >= 15 is 0 Å². The maximum Gasteiger partial charge on any atom is 0.339 e. The van der Waals surface area contributed by atoms with Crippen LogP contribution in [0.2, 0.25) is 0 Å². The standard InChI is InChI=1S/C17H19N3O4S/c1-12-9-14(10-16(22)23-12)24-13-3-7-20(8-4-13)15(21)11-25-17-18-5-2-6-19-17/h2,5-6,9-10,13H,3-4,7-8,11H2,1H3. The van der Waals surface area contributed by atoms with Gasteiger partial charge in [-0.25, -0.2) is 14.8 Å².